The van der Waals surface area contributed by atoms with Gasteiger partial charge in [-0.05, 0) is 19.8 Å². The maximum Gasteiger partial charge on any atom is 0.134 e. The van der Waals surface area contributed by atoms with Crippen LogP contribution in [-0.2, 0) is 11.3 Å². The molecule has 0 spiro atoms. The first-order valence-electron chi connectivity index (χ1n) is 4.53. The Morgan fingerprint density at radius 3 is 3.00 bits per heavy atom. The van der Waals surface area contributed by atoms with Crippen molar-refractivity contribution in [2.75, 3.05) is 0 Å². The van der Waals surface area contributed by atoms with Gasteiger partial charge in [-0.3, -0.25) is 0 Å². The number of ether oxygens (including phenoxy) is 1. The second-order valence-corrected chi connectivity index (χ2v) is 3.59. The topological polar surface area (TPSA) is 61.3 Å². The summed E-state index contributed by atoms with van der Waals surface area (Å²) in [6, 6.07) is 2.22. The fraction of sp³-hybridized carbons (Fsp3) is 0.667. The molecule has 1 aliphatic carbocycles. The highest BCUT2D eigenvalue weighted by atomic mass is 16.5. The molecule has 1 saturated carbocycles. The van der Waals surface area contributed by atoms with Crippen LogP contribution < -0.4 is 5.73 Å². The van der Waals surface area contributed by atoms with Gasteiger partial charge in [-0.1, -0.05) is 5.16 Å². The molecule has 0 aliphatic heterocycles. The molecule has 2 rings (SSSR count). The van der Waals surface area contributed by atoms with Crippen LogP contribution in [0.15, 0.2) is 10.6 Å². The Bertz CT molecular complexity index is 279. The summed E-state index contributed by atoms with van der Waals surface area (Å²) in [4.78, 5) is 0. The second-order valence-electron chi connectivity index (χ2n) is 3.59. The molecule has 1 fully saturated rings. The van der Waals surface area contributed by atoms with Crippen molar-refractivity contribution in [1.29, 1.82) is 0 Å². The molecule has 1 aromatic rings. The number of hydrogen-bond acceptors (Lipinski definition) is 4. The lowest BCUT2D eigenvalue weighted by Gasteiger charge is -2.31. The van der Waals surface area contributed by atoms with Crippen molar-refractivity contribution in [2.45, 2.75) is 38.5 Å². The summed E-state index contributed by atoms with van der Waals surface area (Å²) in [6.07, 6.45) is 2.26. The first kappa shape index (κ1) is 8.72. The van der Waals surface area contributed by atoms with Crippen LogP contribution in [-0.4, -0.2) is 17.3 Å². The Labute approximate surface area is 77.0 Å². The summed E-state index contributed by atoms with van der Waals surface area (Å²) in [6.45, 7) is 2.41. The zero-order valence-corrected chi connectivity index (χ0v) is 7.69. The van der Waals surface area contributed by atoms with Crippen molar-refractivity contribution < 1.29 is 9.26 Å². The third-order valence-electron chi connectivity index (χ3n) is 2.27. The maximum atomic E-state index is 5.63. The molecular formula is C9H14N2O2. The van der Waals surface area contributed by atoms with Crippen LogP contribution in [0.1, 0.15) is 24.3 Å². The van der Waals surface area contributed by atoms with Gasteiger partial charge in [-0.2, -0.15) is 0 Å². The lowest BCUT2D eigenvalue weighted by molar-refractivity contribution is -0.0209. The molecule has 72 valence electrons. The quantitative estimate of drug-likeness (QED) is 0.757. The number of aromatic nitrogens is 1. The molecule has 4 nitrogen and oxygen atoms in total. The normalized spacial score (nSPS) is 27.2. The highest BCUT2D eigenvalue weighted by Crippen LogP contribution is 2.22. The van der Waals surface area contributed by atoms with Gasteiger partial charge in [0.15, 0.2) is 0 Å². The smallest absolute Gasteiger partial charge is 0.134 e. The second kappa shape index (κ2) is 3.47. The van der Waals surface area contributed by atoms with Crippen molar-refractivity contribution in [1.82, 2.24) is 5.16 Å². The van der Waals surface area contributed by atoms with Gasteiger partial charge in [-0.15, -0.1) is 0 Å². The van der Waals surface area contributed by atoms with Gasteiger partial charge < -0.3 is 15.0 Å². The van der Waals surface area contributed by atoms with E-state index in [0.717, 1.165) is 24.3 Å². The summed E-state index contributed by atoms with van der Waals surface area (Å²) in [5.41, 5.74) is 6.49. The summed E-state index contributed by atoms with van der Waals surface area (Å²) in [5.74, 6) is 0.823. The van der Waals surface area contributed by atoms with E-state index in [2.05, 4.69) is 5.16 Å². The van der Waals surface area contributed by atoms with Gasteiger partial charge in [0.1, 0.15) is 11.5 Å². The molecule has 1 heterocycles. The minimum Gasteiger partial charge on any atom is -0.372 e. The Morgan fingerprint density at radius 2 is 2.46 bits per heavy atom. The van der Waals surface area contributed by atoms with Crippen LogP contribution in [0.2, 0.25) is 0 Å². The largest absolute Gasteiger partial charge is 0.372 e. The van der Waals surface area contributed by atoms with Crippen molar-refractivity contribution in [2.24, 2.45) is 5.73 Å². The van der Waals surface area contributed by atoms with E-state index >= 15 is 0 Å². The minimum absolute atomic E-state index is 0.326. The number of rotatable bonds is 3. The Hall–Kier alpha value is -0.870. The van der Waals surface area contributed by atoms with Crippen LogP contribution in [0.25, 0.3) is 0 Å². The van der Waals surface area contributed by atoms with E-state index in [1.807, 2.05) is 13.0 Å². The first-order chi connectivity index (χ1) is 6.24. The van der Waals surface area contributed by atoms with Gasteiger partial charge in [0, 0.05) is 12.1 Å². The summed E-state index contributed by atoms with van der Waals surface area (Å²) in [7, 11) is 0. The maximum absolute atomic E-state index is 5.63. The first-order valence-corrected chi connectivity index (χ1v) is 4.53. The average molecular weight is 182 g/mol. The zero-order chi connectivity index (χ0) is 9.26. The van der Waals surface area contributed by atoms with Crippen LogP contribution >= 0.6 is 0 Å². The zero-order valence-electron chi connectivity index (χ0n) is 7.69. The summed E-state index contributed by atoms with van der Waals surface area (Å²) in [5, 5.41) is 3.83. The monoisotopic (exact) mass is 182 g/mol. The lowest BCUT2D eigenvalue weighted by atomic mass is 9.90. The van der Waals surface area contributed by atoms with Gasteiger partial charge in [0.25, 0.3) is 0 Å². The number of hydrogen-bond donors (Lipinski definition) is 1. The summed E-state index contributed by atoms with van der Waals surface area (Å²) >= 11 is 0. The molecule has 0 amide bonds. The predicted molar refractivity (Wildman–Crippen MR) is 47.0 cm³/mol. The van der Waals surface area contributed by atoms with Crippen molar-refractivity contribution >= 4 is 0 Å². The molecule has 1 aliphatic rings. The number of nitrogens with two attached hydrogens (primary N) is 1. The van der Waals surface area contributed by atoms with Crippen LogP contribution in [0.4, 0.5) is 0 Å². The average Bonchev–Trinajstić information content (AvgIpc) is 2.43. The SMILES string of the molecule is Cc1cc(COC2CC(N)C2)no1. The Kier molecular flexibility index (Phi) is 2.33. The molecule has 0 aromatic carbocycles. The van der Waals surface area contributed by atoms with Gasteiger partial charge >= 0.3 is 0 Å². The van der Waals surface area contributed by atoms with E-state index in [1.54, 1.807) is 0 Å². The molecule has 13 heavy (non-hydrogen) atoms. The van der Waals surface area contributed by atoms with Gasteiger partial charge in [0.05, 0.1) is 12.7 Å². The molecule has 0 bridgehead atoms. The van der Waals surface area contributed by atoms with Crippen LogP contribution in [0.3, 0.4) is 0 Å². The molecule has 0 atom stereocenters. The van der Waals surface area contributed by atoms with E-state index in [-0.39, 0.29) is 0 Å². The van der Waals surface area contributed by atoms with Gasteiger partial charge in [-0.25, -0.2) is 0 Å². The van der Waals surface area contributed by atoms with Gasteiger partial charge in [0.2, 0.25) is 0 Å². The predicted octanol–water partition coefficient (Wildman–Crippen LogP) is 0.989. The third-order valence-corrected chi connectivity index (χ3v) is 2.27. The molecular weight excluding hydrogens is 168 g/mol. The van der Waals surface area contributed by atoms with E-state index in [9.17, 15) is 0 Å². The minimum atomic E-state index is 0.326. The molecule has 0 unspecified atom stereocenters. The van der Waals surface area contributed by atoms with E-state index < -0.39 is 0 Å². The summed E-state index contributed by atoms with van der Waals surface area (Å²) < 4.78 is 10.5. The molecule has 0 radical (unpaired) electrons. The van der Waals surface area contributed by atoms with E-state index in [1.165, 1.54) is 0 Å². The molecule has 4 heteroatoms. The standard InChI is InChI=1S/C9H14N2O2/c1-6-2-8(11-13-6)5-12-9-3-7(10)4-9/h2,7,9H,3-5,10H2,1H3. The highest BCUT2D eigenvalue weighted by Gasteiger charge is 2.26. The fourth-order valence-electron chi connectivity index (χ4n) is 1.43. The van der Waals surface area contributed by atoms with Crippen molar-refractivity contribution in [3.05, 3.63) is 17.5 Å². The lowest BCUT2D eigenvalue weighted by Crippen LogP contribution is -2.41. The highest BCUT2D eigenvalue weighted by molar-refractivity contribution is 5.02. The molecule has 1 aromatic heterocycles. The Morgan fingerprint density at radius 1 is 1.69 bits per heavy atom. The number of aryl methyl sites for hydroxylation is 1. The van der Waals surface area contributed by atoms with Crippen LogP contribution in [0.5, 0.6) is 0 Å². The van der Waals surface area contributed by atoms with Crippen molar-refractivity contribution in [3.63, 3.8) is 0 Å². The van der Waals surface area contributed by atoms with E-state index in [4.69, 9.17) is 15.0 Å². The fourth-order valence-corrected chi connectivity index (χ4v) is 1.43. The van der Waals surface area contributed by atoms with Crippen molar-refractivity contribution in [3.8, 4) is 0 Å². The molecule has 2 N–H and O–H groups in total. The van der Waals surface area contributed by atoms with Crippen LogP contribution in [0, 0.1) is 6.92 Å². The number of nitrogens with zero attached hydrogens (tertiary/aromatic N) is 1. The van der Waals surface area contributed by atoms with E-state index in [0.29, 0.717) is 18.8 Å². The molecule has 0 saturated heterocycles. The third kappa shape index (κ3) is 2.08. The Balaban J connectivity index is 1.74.